The molecule has 0 aromatic carbocycles. The zero-order chi connectivity index (χ0) is 15.7. The highest BCUT2D eigenvalue weighted by Crippen LogP contribution is 2.14. The van der Waals surface area contributed by atoms with E-state index in [0.717, 1.165) is 9.80 Å². The highest BCUT2D eigenvalue weighted by atomic mass is 16.2. The Morgan fingerprint density at radius 3 is 2.29 bits per heavy atom. The molecule has 0 saturated carbocycles. The summed E-state index contributed by atoms with van der Waals surface area (Å²) >= 11 is 0. The summed E-state index contributed by atoms with van der Waals surface area (Å²) in [6, 6.07) is -1.38. The molecule has 0 aromatic rings. The molecule has 2 fully saturated rings. The summed E-state index contributed by atoms with van der Waals surface area (Å²) in [5, 5.41) is 2.44. The standard InChI is InChI=1S/C12H16N4O5/c1-7(2)5-15-9(18)10(19)16(12(15)21)6-8(17)14-4-3-13-11(14)20/h7H,3-6H2,1-2H3,(H,13,20). The Bertz CT molecular complexity index is 530. The van der Waals surface area contributed by atoms with E-state index < -0.39 is 36.3 Å². The van der Waals surface area contributed by atoms with Gasteiger partial charge in [-0.25, -0.2) is 14.5 Å². The minimum absolute atomic E-state index is 0.00529. The first-order valence-corrected chi connectivity index (χ1v) is 6.58. The third kappa shape index (κ3) is 2.71. The van der Waals surface area contributed by atoms with E-state index in [1.807, 2.05) is 0 Å². The molecule has 2 heterocycles. The summed E-state index contributed by atoms with van der Waals surface area (Å²) in [5.41, 5.74) is 0. The predicted octanol–water partition coefficient (Wildman–Crippen LogP) is -1.01. The quantitative estimate of drug-likeness (QED) is 0.528. The highest BCUT2D eigenvalue weighted by molar-refractivity contribution is 6.45. The molecule has 1 N–H and O–H groups in total. The molecule has 0 spiro atoms. The predicted molar refractivity (Wildman–Crippen MR) is 68.8 cm³/mol. The number of nitrogens with one attached hydrogen (secondary N) is 1. The molecular formula is C12H16N4O5. The van der Waals surface area contributed by atoms with Crippen LogP contribution in [-0.4, -0.2) is 70.7 Å². The topological polar surface area (TPSA) is 107 Å². The van der Waals surface area contributed by atoms with E-state index in [1.54, 1.807) is 13.8 Å². The molecule has 114 valence electrons. The van der Waals surface area contributed by atoms with Crippen LogP contribution in [0.25, 0.3) is 0 Å². The minimum Gasteiger partial charge on any atom is -0.336 e. The molecular weight excluding hydrogens is 280 g/mol. The number of urea groups is 2. The van der Waals surface area contributed by atoms with Crippen molar-refractivity contribution in [2.45, 2.75) is 13.8 Å². The summed E-state index contributed by atoms with van der Waals surface area (Å²) in [6.07, 6.45) is 0. The van der Waals surface area contributed by atoms with E-state index in [-0.39, 0.29) is 19.0 Å². The summed E-state index contributed by atoms with van der Waals surface area (Å²) in [7, 11) is 0. The molecule has 9 heteroatoms. The Balaban J connectivity index is 2.08. The second-order valence-electron chi connectivity index (χ2n) is 5.26. The summed E-state index contributed by atoms with van der Waals surface area (Å²) in [6.45, 7) is 3.60. The van der Waals surface area contributed by atoms with Gasteiger partial charge in [-0.05, 0) is 5.92 Å². The third-order valence-corrected chi connectivity index (χ3v) is 3.13. The van der Waals surface area contributed by atoms with E-state index in [1.165, 1.54) is 0 Å². The Morgan fingerprint density at radius 2 is 1.76 bits per heavy atom. The average Bonchev–Trinajstić information content (AvgIpc) is 2.92. The lowest BCUT2D eigenvalue weighted by atomic mass is 10.2. The number of nitrogens with zero attached hydrogens (tertiary/aromatic N) is 3. The second kappa shape index (κ2) is 5.51. The molecule has 0 atom stereocenters. The van der Waals surface area contributed by atoms with Crippen molar-refractivity contribution in [3.63, 3.8) is 0 Å². The van der Waals surface area contributed by atoms with E-state index in [2.05, 4.69) is 5.32 Å². The Morgan fingerprint density at radius 1 is 1.14 bits per heavy atom. The first kappa shape index (κ1) is 14.9. The van der Waals surface area contributed by atoms with Gasteiger partial charge in [0.1, 0.15) is 6.54 Å². The number of rotatable bonds is 4. The van der Waals surface area contributed by atoms with Gasteiger partial charge >= 0.3 is 23.9 Å². The van der Waals surface area contributed by atoms with Crippen molar-refractivity contribution in [2.24, 2.45) is 5.92 Å². The molecule has 0 bridgehead atoms. The number of amides is 7. The lowest BCUT2D eigenvalue weighted by molar-refractivity contribution is -0.144. The van der Waals surface area contributed by atoms with Crippen LogP contribution in [0.2, 0.25) is 0 Å². The molecule has 9 nitrogen and oxygen atoms in total. The number of hydrogen-bond acceptors (Lipinski definition) is 5. The zero-order valence-electron chi connectivity index (χ0n) is 11.8. The lowest BCUT2D eigenvalue weighted by Crippen LogP contribution is -2.44. The van der Waals surface area contributed by atoms with Crippen LogP contribution in [0.3, 0.4) is 0 Å². The van der Waals surface area contributed by atoms with Gasteiger partial charge in [-0.15, -0.1) is 0 Å². The molecule has 0 aliphatic carbocycles. The Kier molecular flexibility index (Phi) is 3.92. The van der Waals surface area contributed by atoms with Crippen LogP contribution >= 0.6 is 0 Å². The van der Waals surface area contributed by atoms with Crippen LogP contribution in [-0.2, 0) is 14.4 Å². The van der Waals surface area contributed by atoms with Crippen molar-refractivity contribution in [1.29, 1.82) is 0 Å². The van der Waals surface area contributed by atoms with Crippen LogP contribution in [0.15, 0.2) is 0 Å². The highest BCUT2D eigenvalue weighted by Gasteiger charge is 2.46. The maximum absolute atomic E-state index is 12.0. The molecule has 21 heavy (non-hydrogen) atoms. The summed E-state index contributed by atoms with van der Waals surface area (Å²) in [5.74, 6) is -2.66. The smallest absolute Gasteiger partial charge is 0.334 e. The molecule has 0 aromatic heterocycles. The fraction of sp³-hybridized carbons (Fsp3) is 0.583. The number of carbonyl (C=O) groups excluding carboxylic acids is 5. The van der Waals surface area contributed by atoms with Gasteiger partial charge in [-0.2, -0.15) is 0 Å². The van der Waals surface area contributed by atoms with E-state index in [4.69, 9.17) is 0 Å². The van der Waals surface area contributed by atoms with Gasteiger partial charge in [-0.3, -0.25) is 24.2 Å². The van der Waals surface area contributed by atoms with E-state index >= 15 is 0 Å². The van der Waals surface area contributed by atoms with Gasteiger partial charge < -0.3 is 5.32 Å². The van der Waals surface area contributed by atoms with Crippen molar-refractivity contribution in [3.05, 3.63) is 0 Å². The lowest BCUT2D eigenvalue weighted by Gasteiger charge is -2.18. The Labute approximate surface area is 120 Å². The largest absolute Gasteiger partial charge is 0.336 e. The van der Waals surface area contributed by atoms with E-state index in [9.17, 15) is 24.0 Å². The molecule has 2 saturated heterocycles. The van der Waals surface area contributed by atoms with Gasteiger partial charge in [0, 0.05) is 19.6 Å². The van der Waals surface area contributed by atoms with Gasteiger partial charge in [0.25, 0.3) is 5.91 Å². The molecule has 2 aliphatic rings. The van der Waals surface area contributed by atoms with Crippen LogP contribution in [0.4, 0.5) is 9.59 Å². The first-order valence-electron chi connectivity index (χ1n) is 6.58. The monoisotopic (exact) mass is 296 g/mol. The minimum atomic E-state index is -1.03. The van der Waals surface area contributed by atoms with Crippen molar-refractivity contribution in [3.8, 4) is 0 Å². The van der Waals surface area contributed by atoms with Gasteiger partial charge in [0.15, 0.2) is 0 Å². The van der Waals surface area contributed by atoms with Crippen molar-refractivity contribution in [2.75, 3.05) is 26.2 Å². The first-order chi connectivity index (χ1) is 9.82. The normalized spacial score (nSPS) is 19.1. The average molecular weight is 296 g/mol. The second-order valence-corrected chi connectivity index (χ2v) is 5.26. The summed E-state index contributed by atoms with van der Waals surface area (Å²) in [4.78, 5) is 61.2. The number of hydrogen-bond donors (Lipinski definition) is 1. The summed E-state index contributed by atoms with van der Waals surface area (Å²) < 4.78 is 0. The molecule has 0 radical (unpaired) electrons. The van der Waals surface area contributed by atoms with Gasteiger partial charge in [0.2, 0.25) is 0 Å². The number of imide groups is 3. The van der Waals surface area contributed by atoms with Crippen molar-refractivity contribution >= 4 is 29.8 Å². The maximum atomic E-state index is 12.0. The van der Waals surface area contributed by atoms with Crippen LogP contribution < -0.4 is 5.32 Å². The van der Waals surface area contributed by atoms with E-state index in [0.29, 0.717) is 11.4 Å². The zero-order valence-corrected chi connectivity index (χ0v) is 11.8. The van der Waals surface area contributed by atoms with Crippen LogP contribution in [0.1, 0.15) is 13.8 Å². The Hall–Kier alpha value is -2.45. The fourth-order valence-corrected chi connectivity index (χ4v) is 2.15. The SMILES string of the molecule is CC(C)CN1C(=O)C(=O)N(CC(=O)N2CCNC2=O)C1=O. The fourth-order valence-electron chi connectivity index (χ4n) is 2.15. The molecule has 7 amide bonds. The third-order valence-electron chi connectivity index (χ3n) is 3.13. The maximum Gasteiger partial charge on any atom is 0.334 e. The van der Waals surface area contributed by atoms with Crippen molar-refractivity contribution < 1.29 is 24.0 Å². The molecule has 2 aliphatic heterocycles. The van der Waals surface area contributed by atoms with Crippen LogP contribution in [0.5, 0.6) is 0 Å². The molecule has 0 unspecified atom stereocenters. The van der Waals surface area contributed by atoms with Crippen molar-refractivity contribution in [1.82, 2.24) is 20.0 Å². The number of carbonyl (C=O) groups is 5. The van der Waals surface area contributed by atoms with Gasteiger partial charge in [-0.1, -0.05) is 13.8 Å². The van der Waals surface area contributed by atoms with Gasteiger partial charge in [0.05, 0.1) is 0 Å². The molecule has 2 rings (SSSR count). The van der Waals surface area contributed by atoms with Crippen LogP contribution in [0, 0.1) is 5.92 Å².